The average molecular weight is 544 g/mol. The molecule has 3 N–H and O–H groups in total. The number of anilines is 1. The number of carbonyl (C=O) groups excluding carboxylic acids is 1. The van der Waals surface area contributed by atoms with Gasteiger partial charge in [0.05, 0.1) is 24.5 Å². The molecule has 0 spiro atoms. The molecule has 0 aliphatic carbocycles. The smallest absolute Gasteiger partial charge is 0.275 e. The second-order valence-electron chi connectivity index (χ2n) is 9.54. The average Bonchev–Trinajstić information content (AvgIpc) is 3.28. The second-order valence-corrected chi connectivity index (χ2v) is 11.1. The Labute approximate surface area is 223 Å². The molecule has 13 heteroatoms. The van der Waals surface area contributed by atoms with Crippen molar-refractivity contribution < 1.29 is 23.2 Å². The first-order valence-corrected chi connectivity index (χ1v) is 12.7. The first-order chi connectivity index (χ1) is 17.9. The van der Waals surface area contributed by atoms with E-state index in [1.807, 2.05) is 20.8 Å². The van der Waals surface area contributed by atoms with E-state index in [-0.39, 0.29) is 24.1 Å². The number of amidine groups is 1. The van der Waals surface area contributed by atoms with E-state index < -0.39 is 22.0 Å². The van der Waals surface area contributed by atoms with Crippen LogP contribution in [0, 0.1) is 25.6 Å². The number of hydrogen-bond donors (Lipinski definition) is 2. The SMILES string of the molecule is COC[C@@]1(C)SC(N)=N[C@](C)(c2cc(NC(=O)c3cnc(OCc4nc(C)no4)cn3)cc(C)c2F)[C@@H]1C. The van der Waals surface area contributed by atoms with Crippen molar-refractivity contribution in [3.63, 3.8) is 0 Å². The number of rotatable bonds is 8. The number of ether oxygens (including phenoxy) is 2. The van der Waals surface area contributed by atoms with Crippen molar-refractivity contribution in [1.82, 2.24) is 20.1 Å². The van der Waals surface area contributed by atoms with Crippen molar-refractivity contribution in [3.05, 3.63) is 58.9 Å². The molecule has 0 fully saturated rings. The number of aromatic nitrogens is 4. The number of halogens is 1. The zero-order valence-corrected chi connectivity index (χ0v) is 22.9. The normalized spacial score (nSPS) is 23.1. The number of aliphatic imine (C=N–C) groups is 1. The van der Waals surface area contributed by atoms with Crippen molar-refractivity contribution in [3.8, 4) is 5.88 Å². The van der Waals surface area contributed by atoms with Crippen LogP contribution >= 0.6 is 11.8 Å². The minimum absolute atomic E-state index is 0.0187. The minimum atomic E-state index is -0.992. The third-order valence-corrected chi connectivity index (χ3v) is 7.94. The topological polar surface area (TPSA) is 151 Å². The molecule has 1 amide bonds. The fraction of sp³-hybridized carbons (Fsp3) is 0.440. The van der Waals surface area contributed by atoms with Gasteiger partial charge in [-0.3, -0.25) is 9.79 Å². The summed E-state index contributed by atoms with van der Waals surface area (Å²) in [6.07, 6.45) is 2.60. The molecule has 0 bridgehead atoms. The summed E-state index contributed by atoms with van der Waals surface area (Å²) in [5.41, 5.74) is 6.34. The van der Waals surface area contributed by atoms with Crippen molar-refractivity contribution in [2.75, 3.05) is 19.0 Å². The molecular weight excluding hydrogens is 513 g/mol. The molecule has 3 aromatic rings. The molecule has 2 aromatic heterocycles. The van der Waals surface area contributed by atoms with E-state index in [0.29, 0.717) is 40.3 Å². The number of hydrogen-bond acceptors (Lipinski definition) is 11. The molecule has 4 rings (SSSR count). The molecule has 11 nitrogen and oxygen atoms in total. The van der Waals surface area contributed by atoms with Crippen LogP contribution in [0.3, 0.4) is 0 Å². The zero-order chi connectivity index (χ0) is 27.7. The third-order valence-electron chi connectivity index (χ3n) is 6.70. The zero-order valence-electron chi connectivity index (χ0n) is 22.0. The monoisotopic (exact) mass is 543 g/mol. The Kier molecular flexibility index (Phi) is 7.70. The van der Waals surface area contributed by atoms with Gasteiger partial charge in [-0.1, -0.05) is 23.8 Å². The van der Waals surface area contributed by atoms with E-state index in [9.17, 15) is 4.79 Å². The number of nitrogens with two attached hydrogens (primary N) is 1. The Morgan fingerprint density at radius 3 is 2.66 bits per heavy atom. The van der Waals surface area contributed by atoms with Gasteiger partial charge in [0.1, 0.15) is 11.5 Å². The number of amides is 1. The summed E-state index contributed by atoms with van der Waals surface area (Å²) in [5, 5.41) is 6.82. The van der Waals surface area contributed by atoms with Gasteiger partial charge in [-0.05, 0) is 45.4 Å². The van der Waals surface area contributed by atoms with Crippen LogP contribution in [0.5, 0.6) is 5.88 Å². The van der Waals surface area contributed by atoms with Crippen LogP contribution < -0.4 is 15.8 Å². The highest BCUT2D eigenvalue weighted by Gasteiger charge is 2.50. The highest BCUT2D eigenvalue weighted by molar-refractivity contribution is 8.15. The van der Waals surface area contributed by atoms with Gasteiger partial charge in [-0.2, -0.15) is 4.98 Å². The van der Waals surface area contributed by atoms with E-state index in [1.54, 1.807) is 33.1 Å². The third kappa shape index (κ3) is 5.48. The maximum Gasteiger partial charge on any atom is 0.275 e. The van der Waals surface area contributed by atoms with Gasteiger partial charge in [0.2, 0.25) is 5.88 Å². The van der Waals surface area contributed by atoms with Gasteiger partial charge < -0.3 is 25.0 Å². The predicted octanol–water partition coefficient (Wildman–Crippen LogP) is 3.76. The molecule has 3 heterocycles. The van der Waals surface area contributed by atoms with E-state index in [0.717, 1.165) is 0 Å². The highest BCUT2D eigenvalue weighted by Crippen LogP contribution is 2.50. The van der Waals surface area contributed by atoms with Crippen LogP contribution in [0.15, 0.2) is 34.0 Å². The summed E-state index contributed by atoms with van der Waals surface area (Å²) in [7, 11) is 1.62. The number of methoxy groups -OCH3 is 1. The number of carbonyl (C=O) groups is 1. The number of aryl methyl sites for hydroxylation is 2. The van der Waals surface area contributed by atoms with Crippen molar-refractivity contribution in [1.29, 1.82) is 0 Å². The lowest BCUT2D eigenvalue weighted by atomic mass is 9.73. The van der Waals surface area contributed by atoms with Gasteiger partial charge in [-0.15, -0.1) is 0 Å². The van der Waals surface area contributed by atoms with Crippen LogP contribution in [0.1, 0.15) is 54.1 Å². The van der Waals surface area contributed by atoms with Crippen LogP contribution in [-0.2, 0) is 16.9 Å². The summed E-state index contributed by atoms with van der Waals surface area (Å²) in [6.45, 7) is 9.64. The summed E-state index contributed by atoms with van der Waals surface area (Å²) in [5.74, 6) is -0.102. The standard InChI is InChI=1S/C25H30FN7O4S/c1-13-7-16(8-17(21(13)26)25(5)14(2)24(4,12-35-6)38-23(27)32-25)31-22(34)18-9-29-19(10-28-18)36-11-20-30-15(3)33-37-20/h7-10,14H,11-12H2,1-6H3,(H2,27,32)(H,31,34)/t14-,24-,25+/m1/s1. The van der Waals surface area contributed by atoms with Gasteiger partial charge in [0.25, 0.3) is 11.8 Å². The molecular formula is C25H30FN7O4S. The van der Waals surface area contributed by atoms with Crippen LogP contribution in [0.25, 0.3) is 0 Å². The highest BCUT2D eigenvalue weighted by atomic mass is 32.2. The van der Waals surface area contributed by atoms with Crippen molar-refractivity contribution in [2.24, 2.45) is 16.6 Å². The molecule has 0 radical (unpaired) electrons. The largest absolute Gasteiger partial charge is 0.466 e. The van der Waals surface area contributed by atoms with E-state index >= 15 is 4.39 Å². The number of benzene rings is 1. The molecule has 202 valence electrons. The Hall–Kier alpha value is -3.58. The molecule has 1 aliphatic rings. The van der Waals surface area contributed by atoms with Gasteiger partial charge >= 0.3 is 0 Å². The van der Waals surface area contributed by atoms with Crippen molar-refractivity contribution in [2.45, 2.75) is 51.5 Å². The maximum absolute atomic E-state index is 15.5. The number of thioether (sulfide) groups is 1. The lowest BCUT2D eigenvalue weighted by Gasteiger charge is -2.47. The van der Waals surface area contributed by atoms with Crippen molar-refractivity contribution >= 4 is 28.5 Å². The lowest BCUT2D eigenvalue weighted by molar-refractivity contribution is 0.102. The quantitative estimate of drug-likeness (QED) is 0.430. The Bertz CT molecular complexity index is 1370. The van der Waals surface area contributed by atoms with Crippen LogP contribution in [-0.4, -0.2) is 49.6 Å². The molecule has 1 aliphatic heterocycles. The summed E-state index contributed by atoms with van der Waals surface area (Å²) in [6, 6.07) is 3.15. The second kappa shape index (κ2) is 10.7. The predicted molar refractivity (Wildman–Crippen MR) is 140 cm³/mol. The van der Waals surface area contributed by atoms with Gasteiger partial charge in [0.15, 0.2) is 17.6 Å². The molecule has 0 unspecified atom stereocenters. The van der Waals surface area contributed by atoms with Crippen LogP contribution in [0.4, 0.5) is 10.1 Å². The minimum Gasteiger partial charge on any atom is -0.466 e. The van der Waals surface area contributed by atoms with Crippen LogP contribution in [0.2, 0.25) is 0 Å². The maximum atomic E-state index is 15.5. The lowest BCUT2D eigenvalue weighted by Crippen LogP contribution is -2.50. The molecule has 1 aromatic carbocycles. The van der Waals surface area contributed by atoms with Gasteiger partial charge in [-0.25, -0.2) is 14.4 Å². The fourth-order valence-electron chi connectivity index (χ4n) is 4.45. The summed E-state index contributed by atoms with van der Waals surface area (Å²) in [4.78, 5) is 29.9. The molecule has 0 saturated heterocycles. The Morgan fingerprint density at radius 2 is 2.03 bits per heavy atom. The van der Waals surface area contributed by atoms with E-state index in [4.69, 9.17) is 19.7 Å². The summed E-state index contributed by atoms with van der Waals surface area (Å²) < 4.78 is 31.0. The van der Waals surface area contributed by atoms with E-state index in [1.165, 1.54) is 24.2 Å². The van der Waals surface area contributed by atoms with Gasteiger partial charge in [0, 0.05) is 29.0 Å². The Balaban J connectivity index is 1.55. The summed E-state index contributed by atoms with van der Waals surface area (Å²) >= 11 is 1.42. The Morgan fingerprint density at radius 1 is 1.26 bits per heavy atom. The first kappa shape index (κ1) is 27.5. The van der Waals surface area contributed by atoms with E-state index in [2.05, 4.69) is 30.4 Å². The molecule has 0 saturated carbocycles. The number of nitrogens with zero attached hydrogens (tertiary/aromatic N) is 5. The number of nitrogens with one attached hydrogen (secondary N) is 1. The first-order valence-electron chi connectivity index (χ1n) is 11.8. The molecule has 38 heavy (non-hydrogen) atoms. The molecule has 3 atom stereocenters. The fourth-order valence-corrected chi connectivity index (χ4v) is 5.75.